The van der Waals surface area contributed by atoms with Gasteiger partial charge in [-0.3, -0.25) is 4.79 Å². The number of ether oxygens (including phenoxy) is 1. The smallest absolute Gasteiger partial charge is 0.319 e. The minimum Gasteiger partial charge on any atom is -0.504 e. The number of rotatable bonds is 5. The number of amides is 2. The quantitative estimate of drug-likeness (QED) is 0.524. The van der Waals surface area contributed by atoms with Crippen LogP contribution in [0.4, 0.5) is 10.5 Å². The van der Waals surface area contributed by atoms with Crippen molar-refractivity contribution in [3.8, 4) is 5.75 Å². The number of aliphatic carboxylic acids is 1. The maximum atomic E-state index is 12.4. The van der Waals surface area contributed by atoms with Crippen LogP contribution in [0.15, 0.2) is 29.4 Å². The standard InChI is InChI=1S/C17H19ClN2O7S/c18-10-4-5-11(14(23)16(10)28(25,26)8-13(21)22)19-17(24)20-12-3-1-2-9-6-7-27-15(9)12/h4-7,9,12,15,23H,1-3,8H2,(H,21,22)(H2,19,20,24). The van der Waals surface area contributed by atoms with Gasteiger partial charge in [0.25, 0.3) is 0 Å². The van der Waals surface area contributed by atoms with Crippen molar-refractivity contribution in [3.05, 3.63) is 29.5 Å². The molecule has 9 nitrogen and oxygen atoms in total. The number of fused-ring (bicyclic) bond motifs is 1. The molecule has 4 N–H and O–H groups in total. The maximum absolute atomic E-state index is 12.4. The summed E-state index contributed by atoms with van der Waals surface area (Å²) in [5, 5.41) is 23.9. The molecule has 2 aliphatic rings. The normalized spacial score (nSPS) is 23.5. The van der Waals surface area contributed by atoms with Crippen molar-refractivity contribution in [2.75, 3.05) is 11.1 Å². The van der Waals surface area contributed by atoms with Crippen molar-refractivity contribution in [1.29, 1.82) is 0 Å². The molecule has 3 rings (SSSR count). The fraction of sp³-hybridized carbons (Fsp3) is 0.412. The maximum Gasteiger partial charge on any atom is 0.319 e. The van der Waals surface area contributed by atoms with E-state index in [0.29, 0.717) is 0 Å². The molecule has 11 heteroatoms. The van der Waals surface area contributed by atoms with Crippen LogP contribution in [-0.4, -0.2) is 48.5 Å². The monoisotopic (exact) mass is 430 g/mol. The highest BCUT2D eigenvalue weighted by molar-refractivity contribution is 7.92. The Morgan fingerprint density at radius 3 is 2.75 bits per heavy atom. The number of carboxylic acid groups (broad SMARTS) is 1. The van der Waals surface area contributed by atoms with Crippen LogP contribution in [0.2, 0.25) is 5.02 Å². The van der Waals surface area contributed by atoms with E-state index in [1.165, 1.54) is 6.07 Å². The van der Waals surface area contributed by atoms with Gasteiger partial charge in [0.1, 0.15) is 11.0 Å². The summed E-state index contributed by atoms with van der Waals surface area (Å²) in [6.07, 6.45) is 6.04. The van der Waals surface area contributed by atoms with Gasteiger partial charge in [0.05, 0.1) is 23.0 Å². The summed E-state index contributed by atoms with van der Waals surface area (Å²) >= 11 is 5.84. The van der Waals surface area contributed by atoms with E-state index in [1.807, 2.05) is 6.08 Å². The largest absolute Gasteiger partial charge is 0.504 e. The van der Waals surface area contributed by atoms with Crippen LogP contribution >= 0.6 is 11.6 Å². The van der Waals surface area contributed by atoms with Gasteiger partial charge in [0.2, 0.25) is 0 Å². The van der Waals surface area contributed by atoms with E-state index >= 15 is 0 Å². The SMILES string of the molecule is O=C(O)CS(=O)(=O)c1c(Cl)ccc(NC(=O)NC2CCCC3C=COC32)c1O. The molecule has 0 radical (unpaired) electrons. The molecule has 1 aliphatic carbocycles. The molecular formula is C17H19ClN2O7S. The number of phenolic OH excluding ortho intramolecular Hbond substituents is 1. The molecule has 1 heterocycles. The Kier molecular flexibility index (Phi) is 5.71. The first kappa shape index (κ1) is 20.3. The van der Waals surface area contributed by atoms with Crippen molar-refractivity contribution >= 4 is 39.1 Å². The van der Waals surface area contributed by atoms with Crippen LogP contribution in [0.5, 0.6) is 5.75 Å². The molecule has 152 valence electrons. The molecular weight excluding hydrogens is 412 g/mol. The highest BCUT2D eigenvalue weighted by Crippen LogP contribution is 2.37. The number of phenols is 1. The number of carbonyl (C=O) groups is 2. The van der Waals surface area contributed by atoms with Gasteiger partial charge in [-0.25, -0.2) is 13.2 Å². The predicted molar refractivity (Wildman–Crippen MR) is 100 cm³/mol. The van der Waals surface area contributed by atoms with Crippen LogP contribution in [0.1, 0.15) is 19.3 Å². The van der Waals surface area contributed by atoms with Gasteiger partial charge in [-0.1, -0.05) is 18.0 Å². The highest BCUT2D eigenvalue weighted by atomic mass is 35.5. The molecule has 0 saturated heterocycles. The lowest BCUT2D eigenvalue weighted by molar-refractivity contribution is -0.134. The van der Waals surface area contributed by atoms with Crippen molar-refractivity contribution in [2.24, 2.45) is 5.92 Å². The zero-order chi connectivity index (χ0) is 20.5. The Hall–Kier alpha value is -2.46. The van der Waals surface area contributed by atoms with E-state index in [0.717, 1.165) is 25.3 Å². The number of carbonyl (C=O) groups excluding carboxylic acids is 1. The van der Waals surface area contributed by atoms with Gasteiger partial charge in [-0.2, -0.15) is 0 Å². The second-order valence-corrected chi connectivity index (χ2v) is 8.99. The predicted octanol–water partition coefficient (Wildman–Crippen LogP) is 2.11. The van der Waals surface area contributed by atoms with E-state index < -0.39 is 38.2 Å². The number of halogens is 1. The van der Waals surface area contributed by atoms with E-state index in [9.17, 15) is 23.1 Å². The molecule has 1 saturated carbocycles. The van der Waals surface area contributed by atoms with Crippen LogP contribution in [0, 0.1) is 5.92 Å². The molecule has 3 atom stereocenters. The first-order valence-corrected chi connectivity index (χ1v) is 10.6. The summed E-state index contributed by atoms with van der Waals surface area (Å²) < 4.78 is 29.9. The van der Waals surface area contributed by atoms with Crippen LogP contribution in [0.3, 0.4) is 0 Å². The van der Waals surface area contributed by atoms with Gasteiger partial charge in [-0.05, 0) is 31.1 Å². The summed E-state index contributed by atoms with van der Waals surface area (Å²) in [6.45, 7) is 0. The summed E-state index contributed by atoms with van der Waals surface area (Å²) in [5.74, 6) is -3.42. The Morgan fingerprint density at radius 2 is 2.04 bits per heavy atom. The molecule has 3 unspecified atom stereocenters. The van der Waals surface area contributed by atoms with Crippen molar-refractivity contribution in [1.82, 2.24) is 5.32 Å². The average molecular weight is 431 g/mol. The number of sulfone groups is 1. The summed E-state index contributed by atoms with van der Waals surface area (Å²) in [4.78, 5) is 22.4. The minimum absolute atomic E-state index is 0.162. The molecule has 1 aromatic rings. The van der Waals surface area contributed by atoms with Crippen molar-refractivity contribution < 1.29 is 33.0 Å². The molecule has 1 fully saturated rings. The number of anilines is 1. The molecule has 0 bridgehead atoms. The third-order valence-corrected chi connectivity index (χ3v) is 6.79. The lowest BCUT2D eigenvalue weighted by atomic mass is 9.84. The number of hydrogen-bond acceptors (Lipinski definition) is 6. The van der Waals surface area contributed by atoms with Gasteiger partial charge >= 0.3 is 12.0 Å². The second-order valence-electron chi connectivity index (χ2n) is 6.65. The molecule has 0 aromatic heterocycles. The second kappa shape index (κ2) is 7.88. The molecule has 28 heavy (non-hydrogen) atoms. The number of hydrogen-bond donors (Lipinski definition) is 4. The summed E-state index contributed by atoms with van der Waals surface area (Å²) in [6, 6.07) is 1.50. The van der Waals surface area contributed by atoms with Crippen LogP contribution in [-0.2, 0) is 19.4 Å². The first-order valence-electron chi connectivity index (χ1n) is 8.54. The number of urea groups is 1. The Balaban J connectivity index is 1.76. The van der Waals surface area contributed by atoms with E-state index in [-0.39, 0.29) is 28.8 Å². The average Bonchev–Trinajstić information content (AvgIpc) is 3.06. The Bertz CT molecular complexity index is 932. The summed E-state index contributed by atoms with van der Waals surface area (Å²) in [5.41, 5.74) is -0.205. The number of carboxylic acids is 1. The topological polar surface area (TPSA) is 142 Å². The number of aromatic hydroxyl groups is 1. The Morgan fingerprint density at radius 1 is 1.29 bits per heavy atom. The van der Waals surface area contributed by atoms with Crippen molar-refractivity contribution in [3.63, 3.8) is 0 Å². The lowest BCUT2D eigenvalue weighted by Crippen LogP contribution is -2.49. The third-order valence-electron chi connectivity index (χ3n) is 4.71. The third kappa shape index (κ3) is 4.17. The molecule has 2 amide bonds. The van der Waals surface area contributed by atoms with E-state index in [1.54, 1.807) is 6.26 Å². The molecule has 0 spiro atoms. The zero-order valence-electron chi connectivity index (χ0n) is 14.6. The number of nitrogens with one attached hydrogen (secondary N) is 2. The number of benzene rings is 1. The van der Waals surface area contributed by atoms with Gasteiger partial charge in [0.15, 0.2) is 21.3 Å². The van der Waals surface area contributed by atoms with Crippen LogP contribution in [0.25, 0.3) is 0 Å². The lowest BCUT2D eigenvalue weighted by Gasteiger charge is -2.33. The van der Waals surface area contributed by atoms with Crippen LogP contribution < -0.4 is 10.6 Å². The summed E-state index contributed by atoms with van der Waals surface area (Å²) in [7, 11) is -4.40. The van der Waals surface area contributed by atoms with Gasteiger partial charge in [0, 0.05) is 5.92 Å². The molecule has 1 aliphatic heterocycles. The van der Waals surface area contributed by atoms with E-state index in [4.69, 9.17) is 21.4 Å². The zero-order valence-corrected chi connectivity index (χ0v) is 16.2. The first-order chi connectivity index (χ1) is 13.2. The fourth-order valence-electron chi connectivity index (χ4n) is 3.50. The van der Waals surface area contributed by atoms with Gasteiger partial charge < -0.3 is 25.6 Å². The Labute approximate surface area is 166 Å². The molecule has 1 aromatic carbocycles. The highest BCUT2D eigenvalue weighted by Gasteiger charge is 2.37. The minimum atomic E-state index is -4.40. The van der Waals surface area contributed by atoms with Crippen molar-refractivity contribution in [2.45, 2.75) is 36.3 Å². The van der Waals surface area contributed by atoms with E-state index in [2.05, 4.69) is 10.6 Å². The van der Waals surface area contributed by atoms with Gasteiger partial charge in [-0.15, -0.1) is 0 Å². The fourth-order valence-corrected chi connectivity index (χ4v) is 5.24.